The molecule has 0 fully saturated rings. The van der Waals surface area contributed by atoms with Crippen molar-refractivity contribution in [3.05, 3.63) is 35.4 Å². The Kier molecular flexibility index (Phi) is 3.75. The Morgan fingerprint density at radius 1 is 1.33 bits per heavy atom. The predicted octanol–water partition coefficient (Wildman–Crippen LogP) is 2.80. The quantitative estimate of drug-likeness (QED) is 0.788. The number of nitrogens with one attached hydrogen (secondary N) is 1. The van der Waals surface area contributed by atoms with Gasteiger partial charge in [-0.15, -0.1) is 11.6 Å². The number of rotatable bonds is 3. The van der Waals surface area contributed by atoms with E-state index in [2.05, 4.69) is 5.32 Å². The van der Waals surface area contributed by atoms with Crippen molar-refractivity contribution in [2.24, 2.45) is 0 Å². The summed E-state index contributed by atoms with van der Waals surface area (Å²) in [5.41, 5.74) is 1.82. The van der Waals surface area contributed by atoms with Crippen LogP contribution in [0.2, 0.25) is 0 Å². The highest BCUT2D eigenvalue weighted by Crippen LogP contribution is 2.20. The molecule has 0 aromatic heterocycles. The topological polar surface area (TPSA) is 29.1 Å². The Balaban J connectivity index is 2.89. The number of carbonyl (C=O) groups excluding carboxylic acids is 1. The van der Waals surface area contributed by atoms with Crippen LogP contribution in [0.3, 0.4) is 0 Å². The normalized spacial score (nSPS) is 11.2. The first-order valence-electron chi connectivity index (χ1n) is 4.90. The van der Waals surface area contributed by atoms with E-state index in [1.807, 2.05) is 38.1 Å². The number of amides is 1. The van der Waals surface area contributed by atoms with Crippen molar-refractivity contribution in [3.63, 3.8) is 0 Å². The summed E-state index contributed by atoms with van der Waals surface area (Å²) in [6.45, 7) is 5.48. The van der Waals surface area contributed by atoms with Gasteiger partial charge in [0.25, 0.3) is 0 Å². The average molecular weight is 226 g/mol. The summed E-state index contributed by atoms with van der Waals surface area (Å²) >= 11 is 5.71. The zero-order valence-corrected chi connectivity index (χ0v) is 10.1. The van der Waals surface area contributed by atoms with Crippen LogP contribution in [0, 0.1) is 0 Å². The Labute approximate surface area is 95.6 Å². The fourth-order valence-corrected chi connectivity index (χ4v) is 1.70. The molecular weight excluding hydrogens is 210 g/mol. The van der Waals surface area contributed by atoms with Crippen LogP contribution in [0.4, 0.5) is 0 Å². The van der Waals surface area contributed by atoms with Crippen LogP contribution in [0.15, 0.2) is 24.3 Å². The number of hydrogen-bond donors (Lipinski definition) is 1. The third-order valence-electron chi connectivity index (χ3n) is 2.32. The molecule has 1 rings (SSSR count). The van der Waals surface area contributed by atoms with Crippen LogP contribution < -0.4 is 5.32 Å². The van der Waals surface area contributed by atoms with Gasteiger partial charge in [-0.05, 0) is 25.0 Å². The van der Waals surface area contributed by atoms with Crippen LogP contribution in [0.5, 0.6) is 0 Å². The molecule has 0 saturated heterocycles. The fraction of sp³-hybridized carbons (Fsp3) is 0.417. The molecule has 3 heteroatoms. The van der Waals surface area contributed by atoms with Gasteiger partial charge in [0, 0.05) is 12.8 Å². The monoisotopic (exact) mass is 225 g/mol. The average Bonchev–Trinajstić information content (AvgIpc) is 2.16. The van der Waals surface area contributed by atoms with E-state index in [1.165, 1.54) is 6.92 Å². The molecule has 0 atom stereocenters. The summed E-state index contributed by atoms with van der Waals surface area (Å²) in [6.07, 6.45) is 0. The lowest BCUT2D eigenvalue weighted by molar-refractivity contribution is -0.120. The minimum absolute atomic E-state index is 0.0265. The standard InChI is InChI=1S/C12H16ClNO/c1-9(15)14-12(2,3)11-6-4-10(8-13)5-7-11/h4-7H,8H2,1-3H3,(H,14,15). The second kappa shape index (κ2) is 4.67. The molecule has 0 heterocycles. The largest absolute Gasteiger partial charge is 0.347 e. The van der Waals surface area contributed by atoms with E-state index in [4.69, 9.17) is 11.6 Å². The molecule has 0 saturated carbocycles. The van der Waals surface area contributed by atoms with E-state index in [9.17, 15) is 4.79 Å². The number of carbonyl (C=O) groups is 1. The smallest absolute Gasteiger partial charge is 0.217 e. The van der Waals surface area contributed by atoms with Crippen molar-refractivity contribution < 1.29 is 4.79 Å². The SMILES string of the molecule is CC(=O)NC(C)(C)c1ccc(CCl)cc1. The van der Waals surface area contributed by atoms with Crippen molar-refractivity contribution in [2.45, 2.75) is 32.2 Å². The van der Waals surface area contributed by atoms with Gasteiger partial charge in [-0.1, -0.05) is 24.3 Å². The Morgan fingerprint density at radius 2 is 1.87 bits per heavy atom. The van der Waals surface area contributed by atoms with Gasteiger partial charge in [0.1, 0.15) is 0 Å². The van der Waals surface area contributed by atoms with Crippen molar-refractivity contribution in [2.75, 3.05) is 0 Å². The second-order valence-electron chi connectivity index (χ2n) is 4.14. The number of benzene rings is 1. The molecule has 0 bridgehead atoms. The predicted molar refractivity (Wildman–Crippen MR) is 62.8 cm³/mol. The first kappa shape index (κ1) is 12.1. The second-order valence-corrected chi connectivity index (χ2v) is 4.40. The van der Waals surface area contributed by atoms with Crippen molar-refractivity contribution >= 4 is 17.5 Å². The number of halogens is 1. The molecule has 0 spiro atoms. The molecule has 0 aliphatic rings. The Morgan fingerprint density at radius 3 is 2.27 bits per heavy atom. The van der Waals surface area contributed by atoms with Crippen molar-refractivity contribution in [3.8, 4) is 0 Å². The third kappa shape index (κ3) is 3.24. The Hall–Kier alpha value is -1.02. The molecule has 0 aliphatic heterocycles. The highest BCUT2D eigenvalue weighted by Gasteiger charge is 2.20. The van der Waals surface area contributed by atoms with Gasteiger partial charge in [-0.2, -0.15) is 0 Å². The van der Waals surface area contributed by atoms with Crippen LogP contribution in [0.25, 0.3) is 0 Å². The molecule has 1 aromatic rings. The lowest BCUT2D eigenvalue weighted by Crippen LogP contribution is -2.39. The van der Waals surface area contributed by atoms with Gasteiger partial charge in [0.15, 0.2) is 0 Å². The first-order chi connectivity index (χ1) is 6.95. The van der Waals surface area contributed by atoms with E-state index in [0.29, 0.717) is 5.88 Å². The Bertz CT molecular complexity index is 343. The van der Waals surface area contributed by atoms with Crippen LogP contribution in [-0.2, 0) is 16.2 Å². The van der Waals surface area contributed by atoms with E-state index in [0.717, 1.165) is 11.1 Å². The molecule has 15 heavy (non-hydrogen) atoms. The molecule has 1 amide bonds. The van der Waals surface area contributed by atoms with Crippen molar-refractivity contribution in [1.29, 1.82) is 0 Å². The molecule has 0 aliphatic carbocycles. The van der Waals surface area contributed by atoms with Crippen molar-refractivity contribution in [1.82, 2.24) is 5.32 Å². The van der Waals surface area contributed by atoms with Crippen LogP contribution >= 0.6 is 11.6 Å². The van der Waals surface area contributed by atoms with E-state index >= 15 is 0 Å². The lowest BCUT2D eigenvalue weighted by Gasteiger charge is -2.26. The first-order valence-corrected chi connectivity index (χ1v) is 5.43. The molecule has 1 aromatic carbocycles. The fourth-order valence-electron chi connectivity index (χ4n) is 1.52. The van der Waals surface area contributed by atoms with Gasteiger partial charge in [-0.3, -0.25) is 4.79 Å². The number of alkyl halides is 1. The van der Waals surface area contributed by atoms with Gasteiger partial charge in [0.05, 0.1) is 5.54 Å². The minimum Gasteiger partial charge on any atom is -0.347 e. The maximum absolute atomic E-state index is 11.0. The minimum atomic E-state index is -0.337. The molecule has 0 unspecified atom stereocenters. The molecule has 2 nitrogen and oxygen atoms in total. The third-order valence-corrected chi connectivity index (χ3v) is 2.63. The summed E-state index contributed by atoms with van der Waals surface area (Å²) in [4.78, 5) is 11.0. The summed E-state index contributed by atoms with van der Waals surface area (Å²) in [5.74, 6) is 0.488. The van der Waals surface area contributed by atoms with Gasteiger partial charge < -0.3 is 5.32 Å². The van der Waals surface area contributed by atoms with Crippen LogP contribution in [-0.4, -0.2) is 5.91 Å². The van der Waals surface area contributed by atoms with Gasteiger partial charge >= 0.3 is 0 Å². The molecule has 0 radical (unpaired) electrons. The van der Waals surface area contributed by atoms with Gasteiger partial charge in [0.2, 0.25) is 5.91 Å². The van der Waals surface area contributed by atoms with Gasteiger partial charge in [-0.25, -0.2) is 0 Å². The zero-order chi connectivity index (χ0) is 11.5. The number of hydrogen-bond acceptors (Lipinski definition) is 1. The van der Waals surface area contributed by atoms with Crippen LogP contribution in [0.1, 0.15) is 31.9 Å². The maximum Gasteiger partial charge on any atom is 0.217 e. The zero-order valence-electron chi connectivity index (χ0n) is 9.30. The highest BCUT2D eigenvalue weighted by molar-refractivity contribution is 6.17. The van der Waals surface area contributed by atoms with E-state index in [-0.39, 0.29) is 11.4 Å². The lowest BCUT2D eigenvalue weighted by atomic mass is 9.93. The molecule has 82 valence electrons. The highest BCUT2D eigenvalue weighted by atomic mass is 35.5. The maximum atomic E-state index is 11.0. The summed E-state index contributed by atoms with van der Waals surface area (Å²) < 4.78 is 0. The molecular formula is C12H16ClNO. The summed E-state index contributed by atoms with van der Waals surface area (Å²) in [6, 6.07) is 7.94. The summed E-state index contributed by atoms with van der Waals surface area (Å²) in [7, 11) is 0. The van der Waals surface area contributed by atoms with E-state index in [1.54, 1.807) is 0 Å². The van der Waals surface area contributed by atoms with E-state index < -0.39 is 0 Å². The molecule has 1 N–H and O–H groups in total. The summed E-state index contributed by atoms with van der Waals surface area (Å²) in [5, 5.41) is 2.90.